The van der Waals surface area contributed by atoms with Crippen LogP contribution in [0.25, 0.3) is 0 Å². The zero-order chi connectivity index (χ0) is 15.5. The fraction of sp³-hybridized carbons (Fsp3) is 1.00. The van der Waals surface area contributed by atoms with Gasteiger partial charge in [-0.25, -0.2) is 0 Å². The number of hydrogen-bond acceptors (Lipinski definition) is 2. The Kier molecular flexibility index (Phi) is 8.84. The second kappa shape index (κ2) is 10.6. The van der Waals surface area contributed by atoms with Crippen LogP contribution in [0.3, 0.4) is 0 Å². The van der Waals surface area contributed by atoms with Crippen molar-refractivity contribution in [3.8, 4) is 0 Å². The van der Waals surface area contributed by atoms with E-state index in [4.69, 9.17) is 10.5 Å². The average Bonchev–Trinajstić information content (AvgIpc) is 2.52. The Hall–Kier alpha value is -0.0800. The maximum absolute atomic E-state index is 6.72. The Bertz CT molecular complexity index is 259. The Morgan fingerprint density at radius 1 is 0.545 bits per heavy atom. The van der Waals surface area contributed by atoms with Gasteiger partial charge in [0, 0.05) is 0 Å². The molecule has 0 radical (unpaired) electrons. The molecule has 2 aliphatic rings. The van der Waals surface area contributed by atoms with Crippen molar-refractivity contribution in [1.29, 1.82) is 0 Å². The van der Waals surface area contributed by atoms with Crippen LogP contribution in [-0.4, -0.2) is 11.8 Å². The molecule has 2 aliphatic carbocycles. The molecule has 0 amide bonds. The monoisotopic (exact) mass is 309 g/mol. The van der Waals surface area contributed by atoms with Gasteiger partial charge in [0.05, 0.1) is 6.10 Å². The Labute approximate surface area is 138 Å². The minimum absolute atomic E-state index is 0.327. The van der Waals surface area contributed by atoms with Gasteiger partial charge in [-0.2, -0.15) is 0 Å². The fourth-order valence-electron chi connectivity index (χ4n) is 4.20. The van der Waals surface area contributed by atoms with Gasteiger partial charge in [0.1, 0.15) is 5.72 Å². The predicted molar refractivity (Wildman–Crippen MR) is 94.9 cm³/mol. The third kappa shape index (κ3) is 7.46. The molecule has 0 saturated heterocycles. The number of nitrogens with two attached hydrogens (primary N) is 1. The van der Waals surface area contributed by atoms with Crippen molar-refractivity contribution in [3.63, 3.8) is 0 Å². The van der Waals surface area contributed by atoms with E-state index >= 15 is 0 Å². The Morgan fingerprint density at radius 3 is 1.36 bits per heavy atom. The molecule has 0 bridgehead atoms. The van der Waals surface area contributed by atoms with Crippen molar-refractivity contribution >= 4 is 0 Å². The predicted octanol–water partition coefficient (Wildman–Crippen LogP) is 6.08. The molecule has 0 aliphatic heterocycles. The molecule has 0 spiro atoms. The number of hydrogen-bond donors (Lipinski definition) is 1. The highest BCUT2D eigenvalue weighted by Crippen LogP contribution is 2.29. The molecule has 2 heteroatoms. The van der Waals surface area contributed by atoms with E-state index in [0.717, 1.165) is 12.8 Å². The first kappa shape index (κ1) is 18.3. The highest BCUT2D eigenvalue weighted by molar-refractivity contribution is 4.77. The van der Waals surface area contributed by atoms with Crippen LogP contribution in [0.1, 0.15) is 116 Å². The van der Waals surface area contributed by atoms with Crippen LogP contribution in [0, 0.1) is 0 Å². The molecule has 0 atom stereocenters. The van der Waals surface area contributed by atoms with Crippen LogP contribution in [0.2, 0.25) is 0 Å². The Morgan fingerprint density at radius 2 is 0.909 bits per heavy atom. The molecule has 2 rings (SSSR count). The molecular weight excluding hydrogens is 270 g/mol. The van der Waals surface area contributed by atoms with Gasteiger partial charge in [-0.3, -0.25) is 0 Å². The van der Waals surface area contributed by atoms with Gasteiger partial charge < -0.3 is 10.5 Å². The molecule has 2 saturated carbocycles. The van der Waals surface area contributed by atoms with E-state index in [9.17, 15) is 0 Å². The lowest BCUT2D eigenvalue weighted by molar-refractivity contribution is -0.109. The van der Waals surface area contributed by atoms with E-state index in [1.807, 2.05) is 0 Å². The highest BCUT2D eigenvalue weighted by atomic mass is 16.5. The molecule has 2 fully saturated rings. The zero-order valence-corrected chi connectivity index (χ0v) is 14.8. The summed E-state index contributed by atoms with van der Waals surface area (Å²) in [5.74, 6) is 0. The number of rotatable bonds is 2. The first-order valence-electron chi connectivity index (χ1n) is 10.3. The van der Waals surface area contributed by atoms with Crippen LogP contribution < -0.4 is 5.73 Å². The largest absolute Gasteiger partial charge is 0.358 e. The normalized spacial score (nSPS) is 27.1. The van der Waals surface area contributed by atoms with Crippen LogP contribution in [0.4, 0.5) is 0 Å². The van der Waals surface area contributed by atoms with Crippen LogP contribution in [0.15, 0.2) is 0 Å². The summed E-state index contributed by atoms with van der Waals surface area (Å²) in [6, 6.07) is 0. The van der Waals surface area contributed by atoms with Crippen LogP contribution in [0.5, 0.6) is 0 Å². The van der Waals surface area contributed by atoms with Gasteiger partial charge in [-0.05, 0) is 38.5 Å². The molecule has 2 N–H and O–H groups in total. The standard InChI is InChI=1S/C20H39NO/c21-20(17-13-9-5-2-6-10-14-18-20)22-19-15-11-7-3-1-4-8-12-16-19/h19H,1-18,21H2. The lowest BCUT2D eigenvalue weighted by Gasteiger charge is -2.35. The van der Waals surface area contributed by atoms with Crippen LogP contribution in [-0.2, 0) is 4.74 Å². The van der Waals surface area contributed by atoms with E-state index in [2.05, 4.69) is 0 Å². The van der Waals surface area contributed by atoms with E-state index in [1.54, 1.807) is 0 Å². The quantitative estimate of drug-likeness (QED) is 0.628. The molecule has 0 aromatic heterocycles. The van der Waals surface area contributed by atoms with Gasteiger partial charge >= 0.3 is 0 Å². The van der Waals surface area contributed by atoms with E-state index in [1.165, 1.54) is 103 Å². The molecule has 130 valence electrons. The van der Waals surface area contributed by atoms with E-state index in [0.29, 0.717) is 6.10 Å². The third-order valence-electron chi connectivity index (χ3n) is 5.65. The number of ether oxygens (including phenoxy) is 1. The summed E-state index contributed by atoms with van der Waals surface area (Å²) in [6.45, 7) is 0. The Balaban J connectivity index is 1.84. The second-order valence-electron chi connectivity index (χ2n) is 7.83. The molecule has 0 unspecified atom stereocenters. The van der Waals surface area contributed by atoms with Crippen molar-refractivity contribution < 1.29 is 4.74 Å². The first-order chi connectivity index (χ1) is 10.8. The first-order valence-corrected chi connectivity index (χ1v) is 10.3. The van der Waals surface area contributed by atoms with Gasteiger partial charge in [0.25, 0.3) is 0 Å². The summed E-state index contributed by atoms with van der Waals surface area (Å²) >= 11 is 0. The highest BCUT2D eigenvalue weighted by Gasteiger charge is 2.29. The molecule has 22 heavy (non-hydrogen) atoms. The SMILES string of the molecule is NC1(OC2CCCCCCCCC2)CCCCCCCCC1. The van der Waals surface area contributed by atoms with E-state index < -0.39 is 0 Å². The lowest BCUT2D eigenvalue weighted by atomic mass is 9.94. The second-order valence-corrected chi connectivity index (χ2v) is 7.83. The van der Waals surface area contributed by atoms with Gasteiger partial charge in [-0.1, -0.05) is 77.0 Å². The minimum atomic E-state index is -0.327. The fourth-order valence-corrected chi connectivity index (χ4v) is 4.20. The molecule has 0 heterocycles. The van der Waals surface area contributed by atoms with Crippen molar-refractivity contribution in [2.75, 3.05) is 0 Å². The van der Waals surface area contributed by atoms with Crippen molar-refractivity contribution in [3.05, 3.63) is 0 Å². The summed E-state index contributed by atoms with van der Waals surface area (Å²) in [4.78, 5) is 0. The minimum Gasteiger partial charge on any atom is -0.358 e. The molecule has 0 aromatic carbocycles. The third-order valence-corrected chi connectivity index (χ3v) is 5.65. The molecule has 0 aromatic rings. The maximum Gasteiger partial charge on any atom is 0.117 e. The van der Waals surface area contributed by atoms with Gasteiger partial charge in [-0.15, -0.1) is 0 Å². The van der Waals surface area contributed by atoms with E-state index in [-0.39, 0.29) is 5.72 Å². The molecular formula is C20H39NO. The van der Waals surface area contributed by atoms with Crippen molar-refractivity contribution in [2.24, 2.45) is 5.73 Å². The molecule has 2 nitrogen and oxygen atoms in total. The average molecular weight is 310 g/mol. The van der Waals surface area contributed by atoms with Gasteiger partial charge in [0.2, 0.25) is 0 Å². The summed E-state index contributed by atoms with van der Waals surface area (Å²) in [5.41, 5.74) is 6.39. The summed E-state index contributed by atoms with van der Waals surface area (Å²) < 4.78 is 6.56. The van der Waals surface area contributed by atoms with Gasteiger partial charge in [0.15, 0.2) is 0 Å². The van der Waals surface area contributed by atoms with Crippen molar-refractivity contribution in [1.82, 2.24) is 0 Å². The topological polar surface area (TPSA) is 35.2 Å². The summed E-state index contributed by atoms with van der Waals surface area (Å²) in [7, 11) is 0. The maximum atomic E-state index is 6.72. The van der Waals surface area contributed by atoms with Crippen molar-refractivity contribution in [2.45, 2.75) is 127 Å². The summed E-state index contributed by atoms with van der Waals surface area (Å²) in [6.07, 6.45) is 24.1. The zero-order valence-electron chi connectivity index (χ0n) is 14.8. The van der Waals surface area contributed by atoms with Crippen LogP contribution >= 0.6 is 0 Å². The lowest BCUT2D eigenvalue weighted by Crippen LogP contribution is -2.45. The smallest absolute Gasteiger partial charge is 0.117 e. The summed E-state index contributed by atoms with van der Waals surface area (Å²) in [5, 5.41) is 0.